The number of thioether (sulfide) groups is 1. The van der Waals surface area contributed by atoms with E-state index in [1.807, 2.05) is 26.8 Å². The molecule has 2 heterocycles. The molecule has 1 atom stereocenters. The SMILES string of the molecule is CCc1c(C)nc2n(c1=O)CC(C(=O)Nc1cc(Cl)ccc1C)CS2. The Morgan fingerprint density at radius 2 is 2.20 bits per heavy atom. The Morgan fingerprint density at radius 3 is 2.92 bits per heavy atom. The van der Waals surface area contributed by atoms with Gasteiger partial charge < -0.3 is 5.32 Å². The molecule has 1 unspecified atom stereocenters. The Bertz CT molecular complexity index is 895. The lowest BCUT2D eigenvalue weighted by Gasteiger charge is -2.25. The van der Waals surface area contributed by atoms with E-state index in [1.54, 1.807) is 16.7 Å². The Morgan fingerprint density at radius 1 is 1.44 bits per heavy atom. The number of carbonyl (C=O) groups excluding carboxylic acids is 1. The summed E-state index contributed by atoms with van der Waals surface area (Å²) in [6.07, 6.45) is 0.640. The van der Waals surface area contributed by atoms with Crippen molar-refractivity contribution in [1.82, 2.24) is 9.55 Å². The van der Waals surface area contributed by atoms with Gasteiger partial charge in [-0.05, 0) is 38.0 Å². The molecule has 1 aliphatic heterocycles. The summed E-state index contributed by atoms with van der Waals surface area (Å²) >= 11 is 7.47. The van der Waals surface area contributed by atoms with Crippen LogP contribution in [0.1, 0.15) is 23.7 Å². The van der Waals surface area contributed by atoms with Crippen molar-refractivity contribution in [1.29, 1.82) is 0 Å². The van der Waals surface area contributed by atoms with Crippen molar-refractivity contribution in [2.24, 2.45) is 5.92 Å². The Hall–Kier alpha value is -1.79. The average Bonchev–Trinajstić information content (AvgIpc) is 2.58. The normalized spacial score (nSPS) is 16.4. The van der Waals surface area contributed by atoms with Crippen molar-refractivity contribution in [3.63, 3.8) is 0 Å². The van der Waals surface area contributed by atoms with Gasteiger partial charge in [0.25, 0.3) is 5.56 Å². The molecule has 1 aliphatic rings. The standard InChI is InChI=1S/C18H20ClN3O2S/c1-4-14-11(3)20-18-22(17(14)24)8-12(9-25-18)16(23)21-15-7-13(19)6-5-10(15)2/h5-7,12H,4,8-9H2,1-3H3,(H,21,23). The highest BCUT2D eigenvalue weighted by molar-refractivity contribution is 7.99. The van der Waals surface area contributed by atoms with Gasteiger partial charge in [0.1, 0.15) is 0 Å². The first-order chi connectivity index (χ1) is 11.9. The molecule has 0 spiro atoms. The highest BCUT2D eigenvalue weighted by Crippen LogP contribution is 2.27. The summed E-state index contributed by atoms with van der Waals surface area (Å²) in [5.74, 6) is 0.208. The molecular weight excluding hydrogens is 358 g/mol. The first kappa shape index (κ1) is 18.0. The fourth-order valence-corrected chi connectivity index (χ4v) is 4.22. The molecule has 1 aromatic carbocycles. The van der Waals surface area contributed by atoms with Crippen molar-refractivity contribution in [3.05, 3.63) is 50.4 Å². The van der Waals surface area contributed by atoms with Crippen LogP contribution in [0.15, 0.2) is 28.2 Å². The zero-order valence-corrected chi connectivity index (χ0v) is 16.0. The number of fused-ring (bicyclic) bond motifs is 1. The van der Waals surface area contributed by atoms with Gasteiger partial charge in [-0.15, -0.1) is 0 Å². The third kappa shape index (κ3) is 3.60. The summed E-state index contributed by atoms with van der Waals surface area (Å²) in [6, 6.07) is 5.40. The largest absolute Gasteiger partial charge is 0.325 e. The first-order valence-electron chi connectivity index (χ1n) is 8.20. The predicted octanol–water partition coefficient (Wildman–Crippen LogP) is 3.44. The van der Waals surface area contributed by atoms with E-state index < -0.39 is 0 Å². The zero-order valence-electron chi connectivity index (χ0n) is 14.4. The van der Waals surface area contributed by atoms with Crippen molar-refractivity contribution in [3.8, 4) is 0 Å². The highest BCUT2D eigenvalue weighted by Gasteiger charge is 2.28. The molecular formula is C18H20ClN3O2S. The van der Waals surface area contributed by atoms with Crippen molar-refractivity contribution >= 4 is 35.0 Å². The number of anilines is 1. The molecule has 132 valence electrons. The van der Waals surface area contributed by atoms with Gasteiger partial charge in [0.2, 0.25) is 5.91 Å². The molecule has 0 aliphatic carbocycles. The van der Waals surface area contributed by atoms with E-state index in [1.165, 1.54) is 11.8 Å². The van der Waals surface area contributed by atoms with E-state index in [0.717, 1.165) is 16.8 Å². The fraction of sp³-hybridized carbons (Fsp3) is 0.389. The molecule has 5 nitrogen and oxygen atoms in total. The lowest BCUT2D eigenvalue weighted by Crippen LogP contribution is -2.38. The van der Waals surface area contributed by atoms with E-state index in [9.17, 15) is 9.59 Å². The second-order valence-electron chi connectivity index (χ2n) is 6.18. The molecule has 2 aromatic rings. The molecule has 0 bridgehead atoms. The van der Waals surface area contributed by atoms with Crippen molar-refractivity contribution in [2.75, 3.05) is 11.1 Å². The summed E-state index contributed by atoms with van der Waals surface area (Å²) in [7, 11) is 0. The lowest BCUT2D eigenvalue weighted by molar-refractivity contribution is -0.119. The number of aromatic nitrogens is 2. The van der Waals surface area contributed by atoms with E-state index in [-0.39, 0.29) is 17.4 Å². The first-order valence-corrected chi connectivity index (χ1v) is 9.57. The van der Waals surface area contributed by atoms with Crippen LogP contribution in [0.4, 0.5) is 5.69 Å². The quantitative estimate of drug-likeness (QED) is 0.832. The van der Waals surface area contributed by atoms with Gasteiger partial charge in [0.05, 0.1) is 5.92 Å². The van der Waals surface area contributed by atoms with Gasteiger partial charge in [0, 0.05) is 34.3 Å². The van der Waals surface area contributed by atoms with Crippen LogP contribution in [-0.4, -0.2) is 21.2 Å². The second kappa shape index (κ2) is 7.22. The zero-order chi connectivity index (χ0) is 18.1. The van der Waals surface area contributed by atoms with E-state index in [2.05, 4.69) is 10.3 Å². The molecule has 0 saturated heterocycles. The maximum atomic E-state index is 12.7. The van der Waals surface area contributed by atoms with Crippen LogP contribution in [0.25, 0.3) is 0 Å². The van der Waals surface area contributed by atoms with Crippen LogP contribution in [0.2, 0.25) is 5.02 Å². The average molecular weight is 378 g/mol. The molecule has 1 aromatic heterocycles. The number of hydrogen-bond donors (Lipinski definition) is 1. The van der Waals surface area contributed by atoms with Crippen LogP contribution in [0.5, 0.6) is 0 Å². The smallest absolute Gasteiger partial charge is 0.257 e. The molecule has 3 rings (SSSR count). The number of nitrogens with zero attached hydrogens (tertiary/aromatic N) is 2. The van der Waals surface area contributed by atoms with E-state index in [4.69, 9.17) is 11.6 Å². The third-order valence-corrected chi connectivity index (χ3v) is 5.81. The topological polar surface area (TPSA) is 64.0 Å². The van der Waals surface area contributed by atoms with Gasteiger partial charge >= 0.3 is 0 Å². The summed E-state index contributed by atoms with van der Waals surface area (Å²) in [4.78, 5) is 29.8. The number of halogens is 1. The summed E-state index contributed by atoms with van der Waals surface area (Å²) < 4.78 is 1.63. The van der Waals surface area contributed by atoms with E-state index in [0.29, 0.717) is 34.6 Å². The number of nitrogens with one attached hydrogen (secondary N) is 1. The fourth-order valence-electron chi connectivity index (χ4n) is 2.92. The molecule has 0 radical (unpaired) electrons. The van der Waals surface area contributed by atoms with Crippen molar-refractivity contribution in [2.45, 2.75) is 38.9 Å². The van der Waals surface area contributed by atoms with Crippen LogP contribution >= 0.6 is 23.4 Å². The number of amides is 1. The summed E-state index contributed by atoms with van der Waals surface area (Å²) in [5.41, 5.74) is 3.12. The van der Waals surface area contributed by atoms with Crippen LogP contribution < -0.4 is 10.9 Å². The van der Waals surface area contributed by atoms with Gasteiger partial charge in [0.15, 0.2) is 5.16 Å². The molecule has 7 heteroatoms. The maximum Gasteiger partial charge on any atom is 0.257 e. The van der Waals surface area contributed by atoms with Crippen LogP contribution in [0.3, 0.4) is 0 Å². The summed E-state index contributed by atoms with van der Waals surface area (Å²) in [5, 5.41) is 4.21. The van der Waals surface area contributed by atoms with Gasteiger partial charge in [-0.2, -0.15) is 0 Å². The van der Waals surface area contributed by atoms with Gasteiger partial charge in [-0.1, -0.05) is 36.4 Å². The number of benzene rings is 1. The number of rotatable bonds is 3. The molecule has 0 fully saturated rings. The van der Waals surface area contributed by atoms with Crippen molar-refractivity contribution < 1.29 is 4.79 Å². The maximum absolute atomic E-state index is 12.7. The minimum Gasteiger partial charge on any atom is -0.325 e. The minimum absolute atomic E-state index is 0.0334. The van der Waals surface area contributed by atoms with Gasteiger partial charge in [-0.3, -0.25) is 14.2 Å². The van der Waals surface area contributed by atoms with Gasteiger partial charge in [-0.25, -0.2) is 4.98 Å². The third-order valence-electron chi connectivity index (χ3n) is 4.43. The van der Waals surface area contributed by atoms with E-state index >= 15 is 0 Å². The monoisotopic (exact) mass is 377 g/mol. The molecule has 0 saturated carbocycles. The number of carbonyl (C=O) groups is 1. The second-order valence-corrected chi connectivity index (χ2v) is 7.61. The molecule has 1 amide bonds. The minimum atomic E-state index is -0.289. The van der Waals surface area contributed by atoms with Crippen LogP contribution in [0, 0.1) is 19.8 Å². The summed E-state index contributed by atoms with van der Waals surface area (Å²) in [6.45, 7) is 6.08. The highest BCUT2D eigenvalue weighted by atomic mass is 35.5. The molecule has 1 N–H and O–H groups in total. The Labute approximate surface area is 155 Å². The lowest BCUT2D eigenvalue weighted by atomic mass is 10.1. The van der Waals surface area contributed by atoms with Crippen LogP contribution in [-0.2, 0) is 17.8 Å². The Kier molecular flexibility index (Phi) is 5.20. The number of hydrogen-bond acceptors (Lipinski definition) is 4. The number of aryl methyl sites for hydroxylation is 2. The molecule has 25 heavy (non-hydrogen) atoms. The predicted molar refractivity (Wildman–Crippen MR) is 102 cm³/mol. The Balaban J connectivity index is 1.84.